The summed E-state index contributed by atoms with van der Waals surface area (Å²) < 4.78 is 9.97. The molecule has 0 fully saturated rings. The number of hydrogen-bond donors (Lipinski definition) is 2. The Morgan fingerprint density at radius 2 is 1.89 bits per heavy atom. The van der Waals surface area contributed by atoms with Crippen molar-refractivity contribution in [2.24, 2.45) is 0 Å². The normalized spacial score (nSPS) is 9.78. The number of amides is 1. The van der Waals surface area contributed by atoms with Gasteiger partial charge in [-0.15, -0.1) is 0 Å². The molecule has 0 atom stereocenters. The number of nitrogens with one attached hydrogen (secondary N) is 1. The van der Waals surface area contributed by atoms with Crippen molar-refractivity contribution in [2.75, 3.05) is 26.4 Å². The third-order valence-electron chi connectivity index (χ3n) is 1.89. The van der Waals surface area contributed by atoms with E-state index in [-0.39, 0.29) is 12.5 Å². The van der Waals surface area contributed by atoms with Crippen LogP contribution in [0.2, 0.25) is 0 Å². The Balaban J connectivity index is 2.04. The van der Waals surface area contributed by atoms with E-state index in [1.807, 2.05) is 30.3 Å². The molecule has 1 amide bonds. The molecular formula is C12H15NO5. The highest BCUT2D eigenvalue weighted by Crippen LogP contribution is 2.07. The monoisotopic (exact) mass is 253 g/mol. The van der Waals surface area contributed by atoms with Crippen molar-refractivity contribution < 1.29 is 24.2 Å². The molecule has 0 bridgehead atoms. The van der Waals surface area contributed by atoms with Crippen molar-refractivity contribution in [1.82, 2.24) is 5.32 Å². The Labute approximate surface area is 105 Å². The van der Waals surface area contributed by atoms with Gasteiger partial charge in [0, 0.05) is 0 Å². The van der Waals surface area contributed by atoms with E-state index in [2.05, 4.69) is 10.1 Å². The Morgan fingerprint density at radius 3 is 2.56 bits per heavy atom. The van der Waals surface area contributed by atoms with Gasteiger partial charge >= 0.3 is 5.97 Å². The highest BCUT2D eigenvalue weighted by Gasteiger charge is 2.03. The van der Waals surface area contributed by atoms with E-state index in [4.69, 9.17) is 9.84 Å². The maximum absolute atomic E-state index is 11.2. The van der Waals surface area contributed by atoms with Crippen molar-refractivity contribution in [3.05, 3.63) is 30.3 Å². The predicted molar refractivity (Wildman–Crippen MR) is 63.4 cm³/mol. The highest BCUT2D eigenvalue weighted by molar-refractivity contribution is 5.77. The standard InChI is InChI=1S/C12H15NO5/c14-11(8-17-9-12(15)16)13-6-7-18-10-4-2-1-3-5-10/h1-5H,6-9H2,(H,13,14)(H,15,16). The molecule has 0 aliphatic heterocycles. The number of benzene rings is 1. The van der Waals surface area contributed by atoms with E-state index >= 15 is 0 Å². The average molecular weight is 253 g/mol. The summed E-state index contributed by atoms with van der Waals surface area (Å²) in [4.78, 5) is 21.3. The van der Waals surface area contributed by atoms with Gasteiger partial charge in [0.25, 0.3) is 0 Å². The van der Waals surface area contributed by atoms with E-state index in [0.717, 1.165) is 5.75 Å². The van der Waals surface area contributed by atoms with Crippen LogP contribution in [0.1, 0.15) is 0 Å². The summed E-state index contributed by atoms with van der Waals surface area (Å²) in [5.74, 6) is -0.739. The summed E-state index contributed by atoms with van der Waals surface area (Å²) in [5, 5.41) is 10.8. The quantitative estimate of drug-likeness (QED) is 0.650. The van der Waals surface area contributed by atoms with Gasteiger partial charge in [-0.2, -0.15) is 0 Å². The molecule has 0 aromatic heterocycles. The molecule has 1 aromatic carbocycles. The Hall–Kier alpha value is -2.08. The van der Waals surface area contributed by atoms with E-state index in [1.54, 1.807) is 0 Å². The molecule has 0 spiro atoms. The molecule has 6 nitrogen and oxygen atoms in total. The molecular weight excluding hydrogens is 238 g/mol. The molecule has 0 saturated carbocycles. The molecule has 0 radical (unpaired) electrons. The van der Waals surface area contributed by atoms with Crippen LogP contribution in [0.15, 0.2) is 30.3 Å². The average Bonchev–Trinajstić information content (AvgIpc) is 2.35. The lowest BCUT2D eigenvalue weighted by atomic mass is 10.3. The van der Waals surface area contributed by atoms with Crippen LogP contribution < -0.4 is 10.1 Å². The number of carbonyl (C=O) groups excluding carboxylic acids is 1. The van der Waals surface area contributed by atoms with Crippen LogP contribution in [0.25, 0.3) is 0 Å². The van der Waals surface area contributed by atoms with Crippen molar-refractivity contribution in [1.29, 1.82) is 0 Å². The smallest absolute Gasteiger partial charge is 0.329 e. The zero-order valence-electron chi connectivity index (χ0n) is 9.80. The van der Waals surface area contributed by atoms with Gasteiger partial charge in [0.2, 0.25) is 5.91 Å². The van der Waals surface area contributed by atoms with Crippen LogP contribution in [0.5, 0.6) is 5.75 Å². The van der Waals surface area contributed by atoms with Gasteiger partial charge in [0.1, 0.15) is 25.6 Å². The predicted octanol–water partition coefficient (Wildman–Crippen LogP) is 0.283. The summed E-state index contributed by atoms with van der Waals surface area (Å²) >= 11 is 0. The zero-order chi connectivity index (χ0) is 13.2. The van der Waals surface area contributed by atoms with Crippen molar-refractivity contribution in [3.8, 4) is 5.75 Å². The molecule has 0 unspecified atom stereocenters. The second kappa shape index (κ2) is 8.08. The fourth-order valence-electron chi connectivity index (χ4n) is 1.16. The van der Waals surface area contributed by atoms with Crippen LogP contribution in [0.3, 0.4) is 0 Å². The second-order valence-electron chi connectivity index (χ2n) is 3.40. The SMILES string of the molecule is O=C(O)COCC(=O)NCCOc1ccccc1. The first kappa shape index (κ1) is 14.0. The lowest BCUT2D eigenvalue weighted by Crippen LogP contribution is -2.31. The van der Waals surface area contributed by atoms with Crippen LogP contribution in [0, 0.1) is 0 Å². The Morgan fingerprint density at radius 1 is 1.17 bits per heavy atom. The largest absolute Gasteiger partial charge is 0.492 e. The number of rotatable bonds is 8. The van der Waals surface area contributed by atoms with Crippen molar-refractivity contribution in [3.63, 3.8) is 0 Å². The Bertz CT molecular complexity index is 379. The van der Waals surface area contributed by atoms with Gasteiger partial charge in [0.15, 0.2) is 0 Å². The molecule has 0 aliphatic rings. The maximum Gasteiger partial charge on any atom is 0.329 e. The van der Waals surface area contributed by atoms with Crippen LogP contribution in [-0.4, -0.2) is 43.3 Å². The third-order valence-corrected chi connectivity index (χ3v) is 1.89. The van der Waals surface area contributed by atoms with Crippen LogP contribution >= 0.6 is 0 Å². The minimum Gasteiger partial charge on any atom is -0.492 e. The van der Waals surface area contributed by atoms with Gasteiger partial charge in [0.05, 0.1) is 6.54 Å². The van der Waals surface area contributed by atoms with Gasteiger partial charge in [-0.1, -0.05) is 18.2 Å². The fraction of sp³-hybridized carbons (Fsp3) is 0.333. The van der Waals surface area contributed by atoms with Gasteiger partial charge < -0.3 is 19.9 Å². The molecule has 1 aromatic rings. The van der Waals surface area contributed by atoms with E-state index in [0.29, 0.717) is 13.2 Å². The topological polar surface area (TPSA) is 84.9 Å². The van der Waals surface area contributed by atoms with E-state index in [1.165, 1.54) is 0 Å². The van der Waals surface area contributed by atoms with Crippen LogP contribution in [0.4, 0.5) is 0 Å². The van der Waals surface area contributed by atoms with E-state index < -0.39 is 12.6 Å². The first-order valence-corrected chi connectivity index (χ1v) is 5.42. The van der Waals surface area contributed by atoms with Gasteiger partial charge in [-0.3, -0.25) is 4.79 Å². The number of para-hydroxylation sites is 1. The summed E-state index contributed by atoms with van der Waals surface area (Å²) in [6.07, 6.45) is 0. The third kappa shape index (κ3) is 6.49. The Kier molecular flexibility index (Phi) is 6.27. The first-order valence-electron chi connectivity index (χ1n) is 5.42. The number of ether oxygens (including phenoxy) is 2. The number of aliphatic carboxylic acids is 1. The molecule has 6 heteroatoms. The molecule has 2 N–H and O–H groups in total. The number of carboxylic acids is 1. The minimum absolute atomic E-state index is 0.266. The summed E-state index contributed by atoms with van der Waals surface area (Å²) in [7, 11) is 0. The van der Waals surface area contributed by atoms with E-state index in [9.17, 15) is 9.59 Å². The van der Waals surface area contributed by atoms with Gasteiger partial charge in [-0.25, -0.2) is 4.79 Å². The number of hydrogen-bond acceptors (Lipinski definition) is 4. The lowest BCUT2D eigenvalue weighted by molar-refractivity contribution is -0.143. The molecule has 1 rings (SSSR count). The molecule has 0 saturated heterocycles. The molecule has 98 valence electrons. The second-order valence-corrected chi connectivity index (χ2v) is 3.40. The molecule has 0 heterocycles. The minimum atomic E-state index is -1.10. The lowest BCUT2D eigenvalue weighted by Gasteiger charge is -2.07. The maximum atomic E-state index is 11.2. The van der Waals surface area contributed by atoms with Gasteiger partial charge in [-0.05, 0) is 12.1 Å². The van der Waals surface area contributed by atoms with Crippen molar-refractivity contribution >= 4 is 11.9 Å². The number of carboxylic acid groups (broad SMARTS) is 1. The first-order chi connectivity index (χ1) is 8.68. The fourth-order valence-corrected chi connectivity index (χ4v) is 1.16. The zero-order valence-corrected chi connectivity index (χ0v) is 9.80. The highest BCUT2D eigenvalue weighted by atomic mass is 16.5. The summed E-state index contributed by atoms with van der Waals surface area (Å²) in [6.45, 7) is -0.0651. The molecule has 18 heavy (non-hydrogen) atoms. The molecule has 0 aliphatic carbocycles. The van der Waals surface area contributed by atoms with Crippen molar-refractivity contribution in [2.45, 2.75) is 0 Å². The van der Waals surface area contributed by atoms with Crippen LogP contribution in [-0.2, 0) is 14.3 Å². The number of carbonyl (C=O) groups is 2. The summed E-state index contributed by atoms with van der Waals surface area (Å²) in [5.41, 5.74) is 0. The summed E-state index contributed by atoms with van der Waals surface area (Å²) in [6, 6.07) is 9.23.